The Morgan fingerprint density at radius 2 is 1.49 bits per heavy atom. The number of H-pyrrole nitrogens is 1. The van der Waals surface area contributed by atoms with Gasteiger partial charge in [-0.3, -0.25) is 19.2 Å². The number of rotatable bonds is 15. The van der Waals surface area contributed by atoms with Gasteiger partial charge in [-0.25, -0.2) is 9.78 Å². The molecule has 0 spiro atoms. The molecule has 14 nitrogen and oxygen atoms in total. The summed E-state index contributed by atoms with van der Waals surface area (Å²) in [6.07, 6.45) is 2.41. The molecule has 4 atom stereocenters. The second kappa shape index (κ2) is 14.5. The molecular formula is C25H35N7O7. The summed E-state index contributed by atoms with van der Waals surface area (Å²) in [5.41, 5.74) is 12.1. The molecule has 39 heavy (non-hydrogen) atoms. The van der Waals surface area contributed by atoms with Gasteiger partial charge in [0.2, 0.25) is 23.6 Å². The number of nitrogens with two attached hydrogens (primary N) is 2. The number of aromatic nitrogens is 2. The largest absolute Gasteiger partial charge is 0.508 e. The zero-order valence-electron chi connectivity index (χ0n) is 21.7. The van der Waals surface area contributed by atoms with Gasteiger partial charge in [0.25, 0.3) is 0 Å². The van der Waals surface area contributed by atoms with E-state index >= 15 is 0 Å². The summed E-state index contributed by atoms with van der Waals surface area (Å²) < 4.78 is 0. The third kappa shape index (κ3) is 10.4. The monoisotopic (exact) mass is 545 g/mol. The molecule has 1 heterocycles. The molecule has 0 saturated carbocycles. The Hall–Kier alpha value is -4.46. The highest BCUT2D eigenvalue weighted by molar-refractivity contribution is 5.95. The van der Waals surface area contributed by atoms with Crippen LogP contribution in [0, 0.1) is 5.92 Å². The molecule has 10 N–H and O–H groups in total. The number of phenols is 1. The van der Waals surface area contributed by atoms with Gasteiger partial charge in [0, 0.05) is 24.7 Å². The number of amides is 4. The maximum atomic E-state index is 13.4. The van der Waals surface area contributed by atoms with Gasteiger partial charge in [-0.05, 0) is 30.0 Å². The summed E-state index contributed by atoms with van der Waals surface area (Å²) in [5.74, 6) is -4.48. The van der Waals surface area contributed by atoms with Crippen LogP contribution in [0.15, 0.2) is 36.8 Å². The predicted octanol–water partition coefficient (Wildman–Crippen LogP) is -1.31. The molecule has 4 unspecified atom stereocenters. The highest BCUT2D eigenvalue weighted by Crippen LogP contribution is 2.12. The Labute approximate surface area is 224 Å². The summed E-state index contributed by atoms with van der Waals surface area (Å²) in [6, 6.07) is 1.03. The van der Waals surface area contributed by atoms with E-state index in [-0.39, 0.29) is 24.5 Å². The van der Waals surface area contributed by atoms with Crippen LogP contribution in [0.25, 0.3) is 0 Å². The number of phenolic OH excluding ortho intramolecular Hbond substituents is 1. The van der Waals surface area contributed by atoms with Crippen molar-refractivity contribution in [2.45, 2.75) is 63.7 Å². The van der Waals surface area contributed by atoms with E-state index in [4.69, 9.17) is 11.5 Å². The minimum absolute atomic E-state index is 0.00404. The van der Waals surface area contributed by atoms with Crippen LogP contribution in [0.3, 0.4) is 0 Å². The fourth-order valence-corrected chi connectivity index (χ4v) is 3.74. The first-order valence-electron chi connectivity index (χ1n) is 12.3. The summed E-state index contributed by atoms with van der Waals surface area (Å²) in [5, 5.41) is 26.4. The number of nitrogens with one attached hydrogen (secondary N) is 4. The molecule has 2 rings (SSSR count). The number of aromatic hydroxyl groups is 1. The maximum Gasteiger partial charge on any atom is 0.326 e. The Morgan fingerprint density at radius 1 is 0.923 bits per heavy atom. The Morgan fingerprint density at radius 3 is 2.00 bits per heavy atom. The Bertz CT molecular complexity index is 1140. The Balaban J connectivity index is 2.29. The number of primary amides is 1. The highest BCUT2D eigenvalue weighted by atomic mass is 16.4. The first-order valence-corrected chi connectivity index (χ1v) is 12.3. The molecule has 14 heteroatoms. The molecule has 0 aliphatic carbocycles. The third-order valence-electron chi connectivity index (χ3n) is 5.70. The summed E-state index contributed by atoms with van der Waals surface area (Å²) in [7, 11) is 0. The quantitative estimate of drug-likeness (QED) is 0.132. The zero-order chi connectivity index (χ0) is 29.1. The lowest BCUT2D eigenvalue weighted by molar-refractivity contribution is -0.143. The van der Waals surface area contributed by atoms with Gasteiger partial charge >= 0.3 is 5.97 Å². The SMILES string of the molecule is CC(C)CC(N)C(=O)NC(Cc1ccc(O)cc1)C(=O)NC(Cc1cnc[nH]1)C(=O)NC(CC(N)=O)C(=O)O. The van der Waals surface area contributed by atoms with Crippen molar-refractivity contribution < 1.29 is 34.2 Å². The first-order chi connectivity index (χ1) is 18.3. The fraction of sp³-hybridized carbons (Fsp3) is 0.440. The lowest BCUT2D eigenvalue weighted by Crippen LogP contribution is -2.58. The predicted molar refractivity (Wildman–Crippen MR) is 139 cm³/mol. The number of aliphatic carboxylic acids is 1. The van der Waals surface area contributed by atoms with Crippen LogP contribution in [0.5, 0.6) is 5.75 Å². The molecule has 2 aromatic rings. The lowest BCUT2D eigenvalue weighted by atomic mass is 10.0. The number of imidazole rings is 1. The van der Waals surface area contributed by atoms with E-state index in [1.165, 1.54) is 24.7 Å². The van der Waals surface area contributed by atoms with Crippen LogP contribution in [-0.2, 0) is 36.8 Å². The van der Waals surface area contributed by atoms with Crippen molar-refractivity contribution in [2.24, 2.45) is 17.4 Å². The van der Waals surface area contributed by atoms with E-state index in [9.17, 15) is 34.2 Å². The molecule has 1 aromatic heterocycles. The summed E-state index contributed by atoms with van der Waals surface area (Å²) >= 11 is 0. The van der Waals surface area contributed by atoms with Crippen molar-refractivity contribution in [3.63, 3.8) is 0 Å². The van der Waals surface area contributed by atoms with Crippen molar-refractivity contribution in [3.05, 3.63) is 48.0 Å². The van der Waals surface area contributed by atoms with Crippen molar-refractivity contribution in [1.29, 1.82) is 0 Å². The van der Waals surface area contributed by atoms with Crippen LogP contribution in [0.4, 0.5) is 0 Å². The van der Waals surface area contributed by atoms with E-state index in [2.05, 4.69) is 25.9 Å². The number of aromatic amines is 1. The molecule has 4 amide bonds. The van der Waals surface area contributed by atoms with Crippen molar-refractivity contribution in [3.8, 4) is 5.75 Å². The normalized spacial score (nSPS) is 14.1. The first kappa shape index (κ1) is 30.8. The van der Waals surface area contributed by atoms with Gasteiger partial charge in [0.15, 0.2) is 0 Å². The van der Waals surface area contributed by atoms with Crippen LogP contribution < -0.4 is 27.4 Å². The van der Waals surface area contributed by atoms with Gasteiger partial charge in [-0.1, -0.05) is 26.0 Å². The number of nitrogens with zero attached hydrogens (tertiary/aromatic N) is 1. The van der Waals surface area contributed by atoms with Crippen LogP contribution >= 0.6 is 0 Å². The molecule has 1 aromatic carbocycles. The average Bonchev–Trinajstić information content (AvgIpc) is 3.36. The van der Waals surface area contributed by atoms with Crippen LogP contribution in [0.1, 0.15) is 37.9 Å². The maximum absolute atomic E-state index is 13.4. The van der Waals surface area contributed by atoms with Gasteiger partial charge in [-0.15, -0.1) is 0 Å². The zero-order valence-corrected chi connectivity index (χ0v) is 21.7. The summed E-state index contributed by atoms with van der Waals surface area (Å²) in [6.45, 7) is 3.80. The number of carboxylic acid groups (broad SMARTS) is 1. The molecule has 212 valence electrons. The van der Waals surface area contributed by atoms with E-state index in [0.717, 1.165) is 0 Å². The van der Waals surface area contributed by atoms with Gasteiger partial charge in [0.1, 0.15) is 23.9 Å². The van der Waals surface area contributed by atoms with E-state index in [0.29, 0.717) is 17.7 Å². The molecular weight excluding hydrogens is 510 g/mol. The van der Waals surface area contributed by atoms with Crippen molar-refractivity contribution in [1.82, 2.24) is 25.9 Å². The van der Waals surface area contributed by atoms with Gasteiger partial charge in [0.05, 0.1) is 18.8 Å². The number of carbonyl (C=O) groups is 5. The Kier molecular flexibility index (Phi) is 11.4. The third-order valence-corrected chi connectivity index (χ3v) is 5.70. The van der Waals surface area contributed by atoms with Gasteiger partial charge < -0.3 is 42.6 Å². The smallest absolute Gasteiger partial charge is 0.326 e. The minimum Gasteiger partial charge on any atom is -0.508 e. The standard InChI is InChI=1S/C25H35N7O7/c1-13(2)7-17(26)22(35)30-18(8-14-3-5-16(33)6-4-14)23(36)31-19(9-15-11-28-12-29-15)24(37)32-20(25(38)39)10-21(27)34/h3-6,11-13,17-20,33H,7-10,26H2,1-2H3,(H2,27,34)(H,28,29)(H,30,35)(H,31,36)(H,32,37)(H,38,39). The van der Waals surface area contributed by atoms with Crippen LogP contribution in [-0.4, -0.2) is 73.9 Å². The fourth-order valence-electron chi connectivity index (χ4n) is 3.74. The minimum atomic E-state index is -1.61. The van der Waals surface area contributed by atoms with Crippen molar-refractivity contribution in [2.75, 3.05) is 0 Å². The molecule has 0 aliphatic heterocycles. The van der Waals surface area contributed by atoms with E-state index in [1.807, 2.05) is 13.8 Å². The molecule has 0 bridgehead atoms. The second-order valence-electron chi connectivity index (χ2n) is 9.58. The average molecular weight is 546 g/mol. The molecule has 0 fully saturated rings. The topological polar surface area (TPSA) is 243 Å². The number of benzene rings is 1. The van der Waals surface area contributed by atoms with Gasteiger partial charge in [-0.2, -0.15) is 0 Å². The van der Waals surface area contributed by atoms with E-state index in [1.54, 1.807) is 12.1 Å². The van der Waals surface area contributed by atoms with Crippen molar-refractivity contribution >= 4 is 29.6 Å². The van der Waals surface area contributed by atoms with E-state index < -0.39 is 60.2 Å². The molecule has 0 radical (unpaired) electrons. The second-order valence-corrected chi connectivity index (χ2v) is 9.58. The number of carbonyl (C=O) groups excluding carboxylic acids is 4. The molecule has 0 aliphatic rings. The molecule has 0 saturated heterocycles. The lowest BCUT2D eigenvalue weighted by Gasteiger charge is -2.25. The number of hydrogen-bond acceptors (Lipinski definition) is 8. The number of hydrogen-bond donors (Lipinski definition) is 8. The number of carboxylic acids is 1. The highest BCUT2D eigenvalue weighted by Gasteiger charge is 2.31. The van der Waals surface area contributed by atoms with Crippen LogP contribution in [0.2, 0.25) is 0 Å². The summed E-state index contributed by atoms with van der Waals surface area (Å²) in [4.78, 5) is 68.7.